The van der Waals surface area contributed by atoms with Crippen LogP contribution in [0.25, 0.3) is 82.4 Å². The third kappa shape index (κ3) is 5.17. The Morgan fingerprint density at radius 1 is 0.500 bits per heavy atom. The fourth-order valence-corrected chi connectivity index (χ4v) is 7.71. The lowest BCUT2D eigenvalue weighted by atomic mass is 9.43. The largest absolute Gasteiger partial charge is 0.407 e. The van der Waals surface area contributed by atoms with Crippen molar-refractivity contribution in [2.24, 2.45) is 0 Å². The number of aromatic nitrogens is 2. The minimum absolute atomic E-state index is 0.595. The van der Waals surface area contributed by atoms with E-state index in [4.69, 9.17) is 4.98 Å². The van der Waals surface area contributed by atoms with Crippen molar-refractivity contribution in [1.29, 1.82) is 0 Å². The van der Waals surface area contributed by atoms with E-state index in [-0.39, 0.29) is 0 Å². The Morgan fingerprint density at radius 3 is 1.56 bits per heavy atom. The van der Waals surface area contributed by atoms with Crippen LogP contribution in [0.5, 0.6) is 0 Å². The summed E-state index contributed by atoms with van der Waals surface area (Å²) in [6, 6.07) is 59.0. The molecule has 0 aliphatic carbocycles. The van der Waals surface area contributed by atoms with E-state index < -0.39 is 10.7 Å². The Balaban J connectivity index is 1.13. The summed E-state index contributed by atoms with van der Waals surface area (Å²) in [5.74, 6) is 0.837. The summed E-state index contributed by atoms with van der Waals surface area (Å²) in [6.07, 6.45) is 0. The van der Waals surface area contributed by atoms with Crippen molar-refractivity contribution in [2.75, 3.05) is 0 Å². The molecule has 0 radical (unpaired) electrons. The fraction of sp³-hybridized carbons (Fsp3) is 0.0652. The number of rotatable bonds is 6. The SMILES string of the molecule is BC(B)(O)C(B)(C)c1nc2ccccc2n1-c1ccc(-c2ccc(-c3c4ccccc4c(-c4ccc5ccccc5c4)c4ccccc34)cc2)cc1. The molecule has 0 saturated carbocycles. The molecule has 0 bridgehead atoms. The Kier molecular flexibility index (Phi) is 7.50. The average molecular weight is 666 g/mol. The lowest BCUT2D eigenvalue weighted by molar-refractivity contribution is 0.162. The monoisotopic (exact) mass is 666 g/mol. The molecule has 1 unspecified atom stereocenters. The first-order valence-electron chi connectivity index (χ1n) is 18.0. The van der Waals surface area contributed by atoms with E-state index in [0.717, 1.165) is 33.7 Å². The molecule has 0 saturated heterocycles. The molecule has 0 amide bonds. The van der Waals surface area contributed by atoms with Gasteiger partial charge in [0, 0.05) is 16.4 Å². The van der Waals surface area contributed by atoms with Crippen molar-refractivity contribution in [3.05, 3.63) is 170 Å². The molecular formula is C46H37B3N2O. The highest BCUT2D eigenvalue weighted by Crippen LogP contribution is 2.44. The molecule has 1 N–H and O–H groups in total. The molecule has 8 aromatic carbocycles. The molecule has 1 atom stereocenters. The number of benzene rings is 8. The molecular weight excluding hydrogens is 629 g/mol. The van der Waals surface area contributed by atoms with Gasteiger partial charge in [-0.15, -0.1) is 0 Å². The van der Waals surface area contributed by atoms with Gasteiger partial charge < -0.3 is 5.11 Å². The van der Waals surface area contributed by atoms with Crippen LogP contribution >= 0.6 is 0 Å². The van der Waals surface area contributed by atoms with Crippen LogP contribution in [0.15, 0.2) is 164 Å². The quantitative estimate of drug-likeness (QED) is 0.144. The first-order chi connectivity index (χ1) is 25.2. The second-order valence-electron chi connectivity index (χ2n) is 15.0. The van der Waals surface area contributed by atoms with Gasteiger partial charge in [0.15, 0.2) is 0 Å². The van der Waals surface area contributed by atoms with Gasteiger partial charge in [0.2, 0.25) is 0 Å². The van der Waals surface area contributed by atoms with Crippen molar-refractivity contribution in [2.45, 2.75) is 17.6 Å². The van der Waals surface area contributed by atoms with Crippen LogP contribution in [0, 0.1) is 0 Å². The van der Waals surface area contributed by atoms with E-state index in [0.29, 0.717) is 0 Å². The van der Waals surface area contributed by atoms with Crippen LogP contribution in [0.1, 0.15) is 12.7 Å². The van der Waals surface area contributed by atoms with Crippen LogP contribution in [0.2, 0.25) is 0 Å². The highest BCUT2D eigenvalue weighted by Gasteiger charge is 2.40. The molecule has 52 heavy (non-hydrogen) atoms. The van der Waals surface area contributed by atoms with Crippen LogP contribution in [-0.2, 0) is 5.31 Å². The maximum Gasteiger partial charge on any atom is 0.131 e. The van der Waals surface area contributed by atoms with Gasteiger partial charge in [0.1, 0.15) is 29.4 Å². The van der Waals surface area contributed by atoms with Gasteiger partial charge in [0.05, 0.1) is 11.0 Å². The number of para-hydroxylation sites is 2. The molecule has 246 valence electrons. The van der Waals surface area contributed by atoms with E-state index in [9.17, 15) is 5.11 Å². The maximum absolute atomic E-state index is 11.2. The zero-order chi connectivity index (χ0) is 35.6. The summed E-state index contributed by atoms with van der Waals surface area (Å²) in [4.78, 5) is 5.03. The Labute approximate surface area is 306 Å². The zero-order valence-corrected chi connectivity index (χ0v) is 29.9. The minimum atomic E-state index is -0.971. The first kappa shape index (κ1) is 32.1. The molecule has 3 nitrogen and oxygen atoms in total. The minimum Gasteiger partial charge on any atom is -0.407 e. The van der Waals surface area contributed by atoms with Crippen molar-refractivity contribution < 1.29 is 5.11 Å². The van der Waals surface area contributed by atoms with Gasteiger partial charge in [-0.25, -0.2) is 4.98 Å². The van der Waals surface area contributed by atoms with E-state index in [1.165, 1.54) is 54.6 Å². The molecule has 9 rings (SSSR count). The molecule has 0 aliphatic rings. The molecule has 0 spiro atoms. The van der Waals surface area contributed by atoms with Crippen LogP contribution in [0.3, 0.4) is 0 Å². The molecule has 1 heterocycles. The Bertz CT molecular complexity index is 2740. The molecule has 0 aliphatic heterocycles. The van der Waals surface area contributed by atoms with Crippen molar-refractivity contribution in [3.63, 3.8) is 0 Å². The summed E-state index contributed by atoms with van der Waals surface area (Å²) in [6.45, 7) is 2.06. The van der Waals surface area contributed by atoms with E-state index in [1.807, 2.05) is 33.9 Å². The van der Waals surface area contributed by atoms with Crippen LogP contribution in [-0.4, -0.2) is 43.6 Å². The summed E-state index contributed by atoms with van der Waals surface area (Å²) in [5.41, 5.74) is 10.2. The van der Waals surface area contributed by atoms with Crippen molar-refractivity contribution in [3.8, 4) is 39.1 Å². The topological polar surface area (TPSA) is 38.1 Å². The number of hydrogen-bond acceptors (Lipinski definition) is 2. The number of hydrogen-bond donors (Lipinski definition) is 1. The maximum atomic E-state index is 11.2. The first-order valence-corrected chi connectivity index (χ1v) is 18.0. The van der Waals surface area contributed by atoms with E-state index >= 15 is 0 Å². The normalized spacial score (nSPS) is 13.2. The van der Waals surface area contributed by atoms with E-state index in [1.54, 1.807) is 0 Å². The number of fused-ring (bicyclic) bond motifs is 4. The second kappa shape index (κ2) is 12.1. The summed E-state index contributed by atoms with van der Waals surface area (Å²) < 4.78 is 2.19. The highest BCUT2D eigenvalue weighted by atomic mass is 16.3. The van der Waals surface area contributed by atoms with Gasteiger partial charge in [0.25, 0.3) is 0 Å². The van der Waals surface area contributed by atoms with Crippen molar-refractivity contribution >= 4 is 66.9 Å². The van der Waals surface area contributed by atoms with Gasteiger partial charge in [-0.3, -0.25) is 4.57 Å². The smallest absolute Gasteiger partial charge is 0.131 e. The highest BCUT2D eigenvalue weighted by molar-refractivity contribution is 6.44. The van der Waals surface area contributed by atoms with E-state index in [2.05, 4.69) is 165 Å². The predicted molar refractivity (Wildman–Crippen MR) is 228 cm³/mol. The zero-order valence-electron chi connectivity index (χ0n) is 29.9. The summed E-state index contributed by atoms with van der Waals surface area (Å²) in [5, 5.41) is 17.1. The Hall–Kier alpha value is -5.84. The van der Waals surface area contributed by atoms with Gasteiger partial charge in [-0.05, 0) is 96.0 Å². The third-order valence-electron chi connectivity index (χ3n) is 11.3. The predicted octanol–water partition coefficient (Wildman–Crippen LogP) is 8.25. The lowest BCUT2D eigenvalue weighted by Gasteiger charge is -2.37. The molecule has 1 aromatic heterocycles. The standard InChI is InChI=1S/C46H37B3N2O/c1-45(47,46(48,49)52)44-50-40-16-8-9-17-41(40)51(44)35-26-24-31(25-27-35)30-18-21-32(22-19-30)42-36-12-4-6-14-38(36)43(39-15-7-5-13-37(39)42)34-23-20-29-10-2-3-11-33(29)28-34/h2-28,52H,47-49H2,1H3. The summed E-state index contributed by atoms with van der Waals surface area (Å²) in [7, 11) is 5.77. The van der Waals surface area contributed by atoms with Crippen LogP contribution < -0.4 is 0 Å². The van der Waals surface area contributed by atoms with Gasteiger partial charge >= 0.3 is 0 Å². The lowest BCUT2D eigenvalue weighted by Crippen LogP contribution is -2.52. The second-order valence-corrected chi connectivity index (χ2v) is 15.0. The molecule has 6 heteroatoms. The van der Waals surface area contributed by atoms with Gasteiger partial charge in [-0.1, -0.05) is 140 Å². The summed E-state index contributed by atoms with van der Waals surface area (Å²) >= 11 is 0. The van der Waals surface area contributed by atoms with Crippen LogP contribution in [0.4, 0.5) is 0 Å². The average Bonchev–Trinajstić information content (AvgIpc) is 3.57. The number of nitrogens with zero attached hydrogens (tertiary/aromatic N) is 2. The number of imidazole rings is 1. The Morgan fingerprint density at radius 2 is 0.962 bits per heavy atom. The molecule has 9 aromatic rings. The number of aliphatic hydroxyl groups is 1. The van der Waals surface area contributed by atoms with Gasteiger partial charge in [-0.2, -0.15) is 0 Å². The van der Waals surface area contributed by atoms with Crippen molar-refractivity contribution in [1.82, 2.24) is 9.55 Å². The third-order valence-corrected chi connectivity index (χ3v) is 11.3. The molecule has 0 fully saturated rings. The fourth-order valence-electron chi connectivity index (χ4n) is 7.71.